The van der Waals surface area contributed by atoms with E-state index in [9.17, 15) is 9.90 Å². The molecule has 26 heavy (non-hydrogen) atoms. The first-order chi connectivity index (χ1) is 12.6. The van der Waals surface area contributed by atoms with E-state index in [0.717, 1.165) is 36.8 Å². The van der Waals surface area contributed by atoms with Crippen LogP contribution < -0.4 is 0 Å². The maximum absolute atomic E-state index is 13.1. The smallest absolute Gasteiger partial charge is 0.197 e. The number of carbonyl (C=O) groups is 1. The molecule has 0 bridgehead atoms. The fourth-order valence-corrected chi connectivity index (χ4v) is 4.28. The largest absolute Gasteiger partial charge is 0.507 e. The Labute approximate surface area is 158 Å². The van der Waals surface area contributed by atoms with Crippen LogP contribution in [0.5, 0.6) is 5.75 Å². The van der Waals surface area contributed by atoms with E-state index in [2.05, 4.69) is 46.3 Å². The average molecular weight is 401 g/mol. The van der Waals surface area contributed by atoms with Crippen LogP contribution in [0.4, 0.5) is 0 Å². The Kier molecular flexibility index (Phi) is 3.28. The SMILES string of the molecule is O=C(c1ccccc1O)c1ccc2ccc3cc(Br)cc4ccc1c2c34. The Morgan fingerprint density at radius 3 is 2.15 bits per heavy atom. The maximum Gasteiger partial charge on any atom is 0.197 e. The lowest BCUT2D eigenvalue weighted by molar-refractivity contribution is 0.103. The highest BCUT2D eigenvalue weighted by molar-refractivity contribution is 9.10. The summed E-state index contributed by atoms with van der Waals surface area (Å²) >= 11 is 3.57. The summed E-state index contributed by atoms with van der Waals surface area (Å²) in [6.45, 7) is 0. The van der Waals surface area contributed by atoms with Crippen LogP contribution in [-0.2, 0) is 0 Å². The molecular weight excluding hydrogens is 388 g/mol. The van der Waals surface area contributed by atoms with Gasteiger partial charge in [-0.3, -0.25) is 4.79 Å². The molecule has 0 unspecified atom stereocenters. The van der Waals surface area contributed by atoms with Gasteiger partial charge < -0.3 is 5.11 Å². The summed E-state index contributed by atoms with van der Waals surface area (Å²) in [6, 6.07) is 23.0. The number of hydrogen-bond acceptors (Lipinski definition) is 2. The number of benzene rings is 5. The van der Waals surface area contributed by atoms with E-state index >= 15 is 0 Å². The van der Waals surface area contributed by atoms with Crippen molar-refractivity contribution in [2.45, 2.75) is 0 Å². The number of aromatic hydroxyl groups is 1. The molecule has 1 N–H and O–H groups in total. The third-order valence-electron chi connectivity index (χ3n) is 4.96. The minimum Gasteiger partial charge on any atom is -0.507 e. The number of halogens is 1. The van der Waals surface area contributed by atoms with Gasteiger partial charge in [0.15, 0.2) is 5.78 Å². The van der Waals surface area contributed by atoms with Gasteiger partial charge in [-0.25, -0.2) is 0 Å². The maximum atomic E-state index is 13.1. The molecule has 5 aromatic rings. The average Bonchev–Trinajstić information content (AvgIpc) is 2.65. The molecule has 0 heterocycles. The molecule has 0 saturated heterocycles. The lowest BCUT2D eigenvalue weighted by atomic mass is 9.89. The molecule has 0 fully saturated rings. The van der Waals surface area contributed by atoms with Crippen molar-refractivity contribution >= 4 is 54.0 Å². The topological polar surface area (TPSA) is 37.3 Å². The molecule has 5 rings (SSSR count). The zero-order valence-corrected chi connectivity index (χ0v) is 15.2. The fraction of sp³-hybridized carbons (Fsp3) is 0. The van der Waals surface area contributed by atoms with Crippen molar-refractivity contribution in [3.8, 4) is 5.75 Å². The molecule has 0 spiro atoms. The second kappa shape index (κ2) is 5.55. The number of hydrogen-bond donors (Lipinski definition) is 1. The Balaban J connectivity index is 1.88. The second-order valence-electron chi connectivity index (χ2n) is 6.46. The Morgan fingerprint density at radius 2 is 1.38 bits per heavy atom. The van der Waals surface area contributed by atoms with E-state index in [1.54, 1.807) is 24.3 Å². The summed E-state index contributed by atoms with van der Waals surface area (Å²) in [5.41, 5.74) is 0.932. The normalized spacial score (nSPS) is 11.6. The summed E-state index contributed by atoms with van der Waals surface area (Å²) < 4.78 is 1.04. The first-order valence-corrected chi connectivity index (χ1v) is 9.12. The third-order valence-corrected chi connectivity index (χ3v) is 5.42. The molecule has 0 amide bonds. The minimum atomic E-state index is -0.165. The summed E-state index contributed by atoms with van der Waals surface area (Å²) in [5, 5.41) is 16.6. The van der Waals surface area contributed by atoms with Crippen LogP contribution in [0.15, 0.2) is 77.3 Å². The van der Waals surface area contributed by atoms with Gasteiger partial charge in [0.2, 0.25) is 0 Å². The van der Waals surface area contributed by atoms with Crippen molar-refractivity contribution < 1.29 is 9.90 Å². The van der Waals surface area contributed by atoms with Gasteiger partial charge in [0, 0.05) is 10.0 Å². The zero-order chi connectivity index (χ0) is 17.8. The van der Waals surface area contributed by atoms with Crippen LogP contribution in [0, 0.1) is 0 Å². The van der Waals surface area contributed by atoms with E-state index in [1.165, 1.54) is 0 Å². The van der Waals surface area contributed by atoms with Crippen molar-refractivity contribution in [2.75, 3.05) is 0 Å². The van der Waals surface area contributed by atoms with Crippen molar-refractivity contribution in [1.82, 2.24) is 0 Å². The number of carbonyl (C=O) groups excluding carboxylic acids is 1. The number of ketones is 1. The molecule has 124 valence electrons. The molecule has 0 aliphatic heterocycles. The van der Waals surface area contributed by atoms with Crippen molar-refractivity contribution in [3.63, 3.8) is 0 Å². The van der Waals surface area contributed by atoms with Crippen molar-refractivity contribution in [3.05, 3.63) is 88.4 Å². The van der Waals surface area contributed by atoms with Gasteiger partial charge >= 0.3 is 0 Å². The highest BCUT2D eigenvalue weighted by atomic mass is 79.9. The number of rotatable bonds is 2. The highest BCUT2D eigenvalue weighted by Crippen LogP contribution is 2.38. The van der Waals surface area contributed by atoms with E-state index < -0.39 is 0 Å². The molecule has 0 saturated carbocycles. The van der Waals surface area contributed by atoms with Gasteiger partial charge in [0.05, 0.1) is 5.56 Å². The van der Waals surface area contributed by atoms with Crippen LogP contribution in [0.2, 0.25) is 0 Å². The Bertz CT molecular complexity index is 1300. The zero-order valence-electron chi connectivity index (χ0n) is 13.7. The Hall–Kier alpha value is -2.91. The fourth-order valence-electron chi connectivity index (χ4n) is 3.79. The summed E-state index contributed by atoms with van der Waals surface area (Å²) in [7, 11) is 0. The predicted molar refractivity (Wildman–Crippen MR) is 109 cm³/mol. The van der Waals surface area contributed by atoms with Crippen LogP contribution >= 0.6 is 15.9 Å². The summed E-state index contributed by atoms with van der Waals surface area (Å²) in [4.78, 5) is 13.1. The quantitative estimate of drug-likeness (QED) is 0.279. The summed E-state index contributed by atoms with van der Waals surface area (Å²) in [6.07, 6.45) is 0. The molecule has 5 aromatic carbocycles. The third kappa shape index (κ3) is 2.14. The van der Waals surface area contributed by atoms with Crippen molar-refractivity contribution in [1.29, 1.82) is 0 Å². The van der Waals surface area contributed by atoms with Crippen LogP contribution in [0.25, 0.3) is 32.3 Å². The standard InChI is InChI=1S/C23H13BrO2/c24-16-11-14-6-5-13-7-10-18(23(26)19-3-1-2-4-20(19)25)17-9-8-15(12-16)21(14)22(13)17/h1-12,25H. The number of phenols is 1. The van der Waals surface area contributed by atoms with E-state index in [4.69, 9.17) is 0 Å². The van der Waals surface area contributed by atoms with Crippen LogP contribution in [0.1, 0.15) is 15.9 Å². The number of para-hydroxylation sites is 1. The molecule has 0 atom stereocenters. The molecule has 0 radical (unpaired) electrons. The van der Waals surface area contributed by atoms with Gasteiger partial charge in [0.1, 0.15) is 5.75 Å². The first-order valence-electron chi connectivity index (χ1n) is 8.33. The van der Waals surface area contributed by atoms with E-state index in [-0.39, 0.29) is 11.5 Å². The van der Waals surface area contributed by atoms with Gasteiger partial charge in [0.25, 0.3) is 0 Å². The van der Waals surface area contributed by atoms with Gasteiger partial charge in [-0.15, -0.1) is 0 Å². The van der Waals surface area contributed by atoms with E-state index in [0.29, 0.717) is 11.1 Å². The molecule has 2 nitrogen and oxygen atoms in total. The Morgan fingerprint density at radius 1 is 0.731 bits per heavy atom. The molecule has 3 heteroatoms. The highest BCUT2D eigenvalue weighted by Gasteiger charge is 2.18. The van der Waals surface area contributed by atoms with Crippen LogP contribution in [0.3, 0.4) is 0 Å². The van der Waals surface area contributed by atoms with E-state index in [1.807, 2.05) is 18.2 Å². The van der Waals surface area contributed by atoms with Gasteiger partial charge in [-0.2, -0.15) is 0 Å². The summed E-state index contributed by atoms with van der Waals surface area (Å²) in [5.74, 6) is -0.158. The van der Waals surface area contributed by atoms with Gasteiger partial charge in [-0.1, -0.05) is 58.4 Å². The molecule has 0 aliphatic rings. The lowest BCUT2D eigenvalue weighted by Crippen LogP contribution is -2.03. The van der Waals surface area contributed by atoms with Crippen LogP contribution in [-0.4, -0.2) is 10.9 Å². The number of phenolic OH excluding ortho intramolecular Hbond substituents is 1. The predicted octanol–water partition coefficient (Wildman–Crippen LogP) is 6.28. The van der Waals surface area contributed by atoms with Crippen molar-refractivity contribution in [2.24, 2.45) is 0 Å². The second-order valence-corrected chi connectivity index (χ2v) is 7.38. The minimum absolute atomic E-state index is 0.00660. The molecule has 0 aromatic heterocycles. The lowest BCUT2D eigenvalue weighted by Gasteiger charge is -2.14. The monoisotopic (exact) mass is 400 g/mol. The first kappa shape index (κ1) is 15.4. The van der Waals surface area contributed by atoms with Gasteiger partial charge in [-0.05, 0) is 62.6 Å². The molecule has 0 aliphatic carbocycles. The molecular formula is C23H13BrO2.